The number of nitrogen functional groups attached to an aromatic ring is 1. The predicted octanol–water partition coefficient (Wildman–Crippen LogP) is 1.90. The summed E-state index contributed by atoms with van der Waals surface area (Å²) in [5, 5.41) is 0. The van der Waals surface area contributed by atoms with Crippen molar-refractivity contribution in [3.8, 4) is 0 Å². The lowest BCUT2D eigenvalue weighted by atomic mass is 10.1. The van der Waals surface area contributed by atoms with E-state index in [2.05, 4.69) is 11.6 Å². The summed E-state index contributed by atoms with van der Waals surface area (Å²) < 4.78 is 26.9. The van der Waals surface area contributed by atoms with Crippen LogP contribution in [-0.4, -0.2) is 15.0 Å². The summed E-state index contributed by atoms with van der Waals surface area (Å²) in [6.45, 7) is 4.41. The van der Waals surface area contributed by atoms with Crippen molar-refractivity contribution in [2.75, 3.05) is 12.3 Å². The van der Waals surface area contributed by atoms with Gasteiger partial charge in [-0.25, -0.2) is 13.1 Å². The van der Waals surface area contributed by atoms with Gasteiger partial charge < -0.3 is 5.73 Å². The number of sulfonamides is 1. The Kier molecular flexibility index (Phi) is 3.64. The lowest BCUT2D eigenvalue weighted by Crippen LogP contribution is -2.29. The number of hydrogen-bond donors (Lipinski definition) is 2. The summed E-state index contributed by atoms with van der Waals surface area (Å²) in [7, 11) is -3.41. The van der Waals surface area contributed by atoms with Gasteiger partial charge in [0, 0.05) is 12.2 Å². The molecule has 0 radical (unpaired) electrons. The van der Waals surface area contributed by atoms with Gasteiger partial charge in [-0.15, -0.1) is 0 Å². The van der Waals surface area contributed by atoms with Crippen LogP contribution in [0, 0.1) is 18.8 Å². The highest BCUT2D eigenvalue weighted by Crippen LogP contribution is 2.36. The second-order valence-corrected chi connectivity index (χ2v) is 6.95. The molecule has 4 nitrogen and oxygen atoms in total. The fourth-order valence-corrected chi connectivity index (χ4v) is 3.20. The summed E-state index contributed by atoms with van der Waals surface area (Å²) in [5.74, 6) is 1.11. The van der Waals surface area contributed by atoms with Crippen molar-refractivity contribution < 1.29 is 8.42 Å². The third-order valence-electron chi connectivity index (χ3n) is 3.57. The lowest BCUT2D eigenvalue weighted by molar-refractivity contribution is 0.492. The van der Waals surface area contributed by atoms with Gasteiger partial charge in [-0.2, -0.15) is 0 Å². The predicted molar refractivity (Wildman–Crippen MR) is 72.7 cm³/mol. The molecule has 0 saturated heterocycles. The van der Waals surface area contributed by atoms with E-state index in [0.29, 0.717) is 24.1 Å². The van der Waals surface area contributed by atoms with E-state index in [1.165, 1.54) is 12.8 Å². The molecule has 0 aromatic heterocycles. The van der Waals surface area contributed by atoms with E-state index in [0.717, 1.165) is 5.56 Å². The van der Waals surface area contributed by atoms with Crippen LogP contribution in [0.1, 0.15) is 25.3 Å². The number of rotatable bonds is 5. The Balaban J connectivity index is 2.07. The zero-order valence-corrected chi connectivity index (χ0v) is 11.6. The van der Waals surface area contributed by atoms with Crippen molar-refractivity contribution in [1.82, 2.24) is 4.72 Å². The van der Waals surface area contributed by atoms with Gasteiger partial charge in [-0.3, -0.25) is 0 Å². The van der Waals surface area contributed by atoms with E-state index in [9.17, 15) is 8.42 Å². The van der Waals surface area contributed by atoms with E-state index in [1.54, 1.807) is 25.1 Å². The zero-order valence-electron chi connectivity index (χ0n) is 10.8. The van der Waals surface area contributed by atoms with E-state index in [4.69, 9.17) is 5.73 Å². The molecule has 5 heteroatoms. The van der Waals surface area contributed by atoms with E-state index in [1.807, 2.05) is 0 Å². The SMILES string of the molecule is Cc1cc(S(=O)(=O)NCC(C)C2CC2)ccc1N. The van der Waals surface area contributed by atoms with E-state index >= 15 is 0 Å². The summed E-state index contributed by atoms with van der Waals surface area (Å²) in [5.41, 5.74) is 7.08. The van der Waals surface area contributed by atoms with Gasteiger partial charge in [-0.1, -0.05) is 6.92 Å². The largest absolute Gasteiger partial charge is 0.399 e. The molecule has 0 bridgehead atoms. The Labute approximate surface area is 109 Å². The average molecular weight is 268 g/mol. The number of benzene rings is 1. The molecule has 0 heterocycles. The molecule has 2 rings (SSSR count). The fraction of sp³-hybridized carbons (Fsp3) is 0.538. The van der Waals surface area contributed by atoms with E-state index < -0.39 is 10.0 Å². The molecule has 18 heavy (non-hydrogen) atoms. The molecule has 0 spiro atoms. The highest BCUT2D eigenvalue weighted by Gasteiger charge is 2.28. The van der Waals surface area contributed by atoms with Crippen molar-refractivity contribution >= 4 is 15.7 Å². The lowest BCUT2D eigenvalue weighted by Gasteiger charge is -2.12. The Morgan fingerprint density at radius 3 is 2.67 bits per heavy atom. The summed E-state index contributed by atoms with van der Waals surface area (Å²) in [4.78, 5) is 0.289. The maximum absolute atomic E-state index is 12.1. The van der Waals surface area contributed by atoms with Crippen LogP contribution in [0.25, 0.3) is 0 Å². The van der Waals surface area contributed by atoms with Crippen LogP contribution < -0.4 is 10.5 Å². The standard InChI is InChI=1S/C13H20N2O2S/c1-9-7-12(5-6-13(9)14)18(16,17)15-8-10(2)11-3-4-11/h5-7,10-11,15H,3-4,8,14H2,1-2H3. The third kappa shape index (κ3) is 3.03. The number of aryl methyl sites for hydroxylation is 1. The molecule has 1 unspecified atom stereocenters. The molecule has 1 fully saturated rings. The first-order valence-electron chi connectivity index (χ1n) is 6.26. The molecule has 1 saturated carbocycles. The third-order valence-corrected chi connectivity index (χ3v) is 4.99. The van der Waals surface area contributed by atoms with Crippen LogP contribution in [0.15, 0.2) is 23.1 Å². The minimum Gasteiger partial charge on any atom is -0.399 e. The quantitative estimate of drug-likeness (QED) is 0.801. The van der Waals surface area contributed by atoms with Crippen molar-refractivity contribution in [3.63, 3.8) is 0 Å². The molecule has 100 valence electrons. The number of nitrogens with two attached hydrogens (primary N) is 1. The second kappa shape index (κ2) is 4.90. The van der Waals surface area contributed by atoms with Gasteiger partial charge in [0.2, 0.25) is 10.0 Å². The summed E-state index contributed by atoms with van der Waals surface area (Å²) in [6.07, 6.45) is 2.45. The molecule has 1 aliphatic carbocycles. The number of anilines is 1. The van der Waals surface area contributed by atoms with Crippen molar-refractivity contribution in [2.45, 2.75) is 31.6 Å². The molecular weight excluding hydrogens is 248 g/mol. The minimum absolute atomic E-state index is 0.289. The Hall–Kier alpha value is -1.07. The maximum atomic E-state index is 12.1. The summed E-state index contributed by atoms with van der Waals surface area (Å²) in [6, 6.07) is 4.79. The maximum Gasteiger partial charge on any atom is 0.240 e. The molecule has 1 atom stereocenters. The Bertz CT molecular complexity index is 536. The van der Waals surface area contributed by atoms with Crippen LogP contribution in [0.3, 0.4) is 0 Å². The first-order valence-corrected chi connectivity index (χ1v) is 7.74. The topological polar surface area (TPSA) is 72.2 Å². The van der Waals surface area contributed by atoms with Gasteiger partial charge >= 0.3 is 0 Å². The molecule has 1 aliphatic rings. The van der Waals surface area contributed by atoms with Crippen LogP contribution in [-0.2, 0) is 10.0 Å². The normalized spacial score (nSPS) is 17.7. The minimum atomic E-state index is -3.41. The van der Waals surface area contributed by atoms with Crippen LogP contribution in [0.5, 0.6) is 0 Å². The van der Waals surface area contributed by atoms with Crippen LogP contribution in [0.2, 0.25) is 0 Å². The Morgan fingerprint density at radius 1 is 1.44 bits per heavy atom. The molecule has 0 aliphatic heterocycles. The van der Waals surface area contributed by atoms with Crippen molar-refractivity contribution in [2.24, 2.45) is 11.8 Å². The number of hydrogen-bond acceptors (Lipinski definition) is 3. The molecule has 1 aromatic carbocycles. The second-order valence-electron chi connectivity index (χ2n) is 5.19. The van der Waals surface area contributed by atoms with E-state index in [-0.39, 0.29) is 4.90 Å². The van der Waals surface area contributed by atoms with Gasteiger partial charge in [0.15, 0.2) is 0 Å². The first kappa shape index (κ1) is 13.4. The van der Waals surface area contributed by atoms with Gasteiger partial charge in [0.25, 0.3) is 0 Å². The molecule has 0 amide bonds. The molecule has 3 N–H and O–H groups in total. The first-order chi connectivity index (χ1) is 8.40. The van der Waals surface area contributed by atoms with Gasteiger partial charge in [-0.05, 0) is 55.4 Å². The van der Waals surface area contributed by atoms with Crippen molar-refractivity contribution in [1.29, 1.82) is 0 Å². The zero-order chi connectivity index (χ0) is 13.3. The number of nitrogens with one attached hydrogen (secondary N) is 1. The van der Waals surface area contributed by atoms with Gasteiger partial charge in [0.1, 0.15) is 0 Å². The Morgan fingerprint density at radius 2 is 2.11 bits per heavy atom. The van der Waals surface area contributed by atoms with Gasteiger partial charge in [0.05, 0.1) is 4.90 Å². The fourth-order valence-electron chi connectivity index (χ4n) is 1.97. The molecule has 1 aromatic rings. The monoisotopic (exact) mass is 268 g/mol. The van der Waals surface area contributed by atoms with Crippen molar-refractivity contribution in [3.05, 3.63) is 23.8 Å². The smallest absolute Gasteiger partial charge is 0.240 e. The average Bonchev–Trinajstić information content (AvgIpc) is 3.13. The van der Waals surface area contributed by atoms with Crippen LogP contribution in [0.4, 0.5) is 5.69 Å². The highest BCUT2D eigenvalue weighted by atomic mass is 32.2. The van der Waals surface area contributed by atoms with Crippen LogP contribution >= 0.6 is 0 Å². The summed E-state index contributed by atoms with van der Waals surface area (Å²) >= 11 is 0. The molecular formula is C13H20N2O2S. The highest BCUT2D eigenvalue weighted by molar-refractivity contribution is 7.89.